The SMILES string of the molecule is COc1ccccc1C1c2c(oc3ccc(Cl)cc3c2=O)C(=O)N1CCN(C)C. The monoisotopic (exact) mass is 412 g/mol. The molecule has 7 heteroatoms. The summed E-state index contributed by atoms with van der Waals surface area (Å²) in [7, 11) is 5.44. The number of likely N-dealkylation sites (N-methyl/N-ethyl adjacent to an activating group) is 1. The van der Waals surface area contributed by atoms with Crippen LogP contribution in [0.2, 0.25) is 5.02 Å². The number of carbonyl (C=O) groups excluding carboxylic acids is 1. The second-order valence-electron chi connectivity index (χ2n) is 7.26. The van der Waals surface area contributed by atoms with Crippen LogP contribution in [-0.4, -0.2) is 50.0 Å². The highest BCUT2D eigenvalue weighted by Gasteiger charge is 2.43. The molecule has 6 nitrogen and oxygen atoms in total. The van der Waals surface area contributed by atoms with E-state index in [1.54, 1.807) is 30.2 Å². The number of rotatable bonds is 5. The maximum absolute atomic E-state index is 13.4. The van der Waals surface area contributed by atoms with Crippen molar-refractivity contribution in [3.8, 4) is 5.75 Å². The average Bonchev–Trinajstić information content (AvgIpc) is 2.99. The molecule has 0 spiro atoms. The summed E-state index contributed by atoms with van der Waals surface area (Å²) in [5, 5.41) is 0.797. The lowest BCUT2D eigenvalue weighted by Gasteiger charge is -2.27. The van der Waals surface area contributed by atoms with E-state index in [2.05, 4.69) is 0 Å². The van der Waals surface area contributed by atoms with Crippen molar-refractivity contribution < 1.29 is 13.9 Å². The van der Waals surface area contributed by atoms with E-state index in [0.717, 1.165) is 5.56 Å². The lowest BCUT2D eigenvalue weighted by Crippen LogP contribution is -2.35. The van der Waals surface area contributed by atoms with E-state index in [9.17, 15) is 9.59 Å². The van der Waals surface area contributed by atoms with Crippen LogP contribution in [0.4, 0.5) is 0 Å². The Morgan fingerprint density at radius 1 is 1.17 bits per heavy atom. The molecule has 4 rings (SSSR count). The smallest absolute Gasteiger partial charge is 0.290 e. The number of hydrogen-bond donors (Lipinski definition) is 0. The highest BCUT2D eigenvalue weighted by Crippen LogP contribution is 2.41. The van der Waals surface area contributed by atoms with Crippen LogP contribution >= 0.6 is 11.6 Å². The van der Waals surface area contributed by atoms with Gasteiger partial charge in [-0.15, -0.1) is 0 Å². The summed E-state index contributed by atoms with van der Waals surface area (Å²) in [6, 6.07) is 11.7. The van der Waals surface area contributed by atoms with E-state index < -0.39 is 6.04 Å². The highest BCUT2D eigenvalue weighted by atomic mass is 35.5. The van der Waals surface area contributed by atoms with Crippen LogP contribution in [0.5, 0.6) is 5.75 Å². The number of nitrogens with zero attached hydrogens (tertiary/aromatic N) is 2. The topological polar surface area (TPSA) is 63.0 Å². The largest absolute Gasteiger partial charge is 0.496 e. The Bertz CT molecular complexity index is 1160. The molecule has 0 bridgehead atoms. The van der Waals surface area contributed by atoms with Crippen LogP contribution in [0, 0.1) is 0 Å². The quantitative estimate of drug-likeness (QED) is 0.641. The number of para-hydroxylation sites is 1. The molecule has 1 atom stereocenters. The summed E-state index contributed by atoms with van der Waals surface area (Å²) in [6.07, 6.45) is 0. The fourth-order valence-corrected chi connectivity index (χ4v) is 3.92. The zero-order valence-corrected chi connectivity index (χ0v) is 17.2. The van der Waals surface area contributed by atoms with Gasteiger partial charge in [0.2, 0.25) is 5.76 Å². The van der Waals surface area contributed by atoms with Crippen LogP contribution < -0.4 is 10.2 Å². The van der Waals surface area contributed by atoms with Gasteiger partial charge in [-0.25, -0.2) is 0 Å². The van der Waals surface area contributed by atoms with Crippen LogP contribution in [0.25, 0.3) is 11.0 Å². The molecule has 0 N–H and O–H groups in total. The fraction of sp³-hybridized carbons (Fsp3) is 0.273. The average molecular weight is 413 g/mol. The maximum atomic E-state index is 13.4. The van der Waals surface area contributed by atoms with E-state index in [-0.39, 0.29) is 17.1 Å². The number of benzene rings is 2. The van der Waals surface area contributed by atoms with Crippen molar-refractivity contribution in [2.45, 2.75) is 6.04 Å². The lowest BCUT2D eigenvalue weighted by atomic mass is 9.97. The first-order valence-electron chi connectivity index (χ1n) is 9.27. The molecule has 1 aromatic heterocycles. The molecule has 3 aromatic rings. The molecule has 1 aliphatic rings. The summed E-state index contributed by atoms with van der Waals surface area (Å²) in [5.41, 5.74) is 1.17. The molecule has 2 heterocycles. The van der Waals surface area contributed by atoms with Crippen LogP contribution in [0.1, 0.15) is 27.7 Å². The number of methoxy groups -OCH3 is 1. The molecule has 0 radical (unpaired) electrons. The molecule has 1 aliphatic heterocycles. The van der Waals surface area contributed by atoms with Gasteiger partial charge in [0.15, 0.2) is 5.43 Å². The Kier molecular flexibility index (Phi) is 5.06. The van der Waals surface area contributed by atoms with Crippen molar-refractivity contribution in [3.63, 3.8) is 0 Å². The first-order chi connectivity index (χ1) is 13.9. The summed E-state index contributed by atoms with van der Waals surface area (Å²) in [4.78, 5) is 30.4. The molecule has 0 fully saturated rings. The third kappa shape index (κ3) is 3.28. The van der Waals surface area contributed by atoms with Crippen LogP contribution in [0.15, 0.2) is 51.7 Å². The number of hydrogen-bond acceptors (Lipinski definition) is 5. The first kappa shape index (κ1) is 19.5. The van der Waals surface area contributed by atoms with E-state index in [4.69, 9.17) is 20.8 Å². The van der Waals surface area contributed by atoms with Gasteiger partial charge in [-0.1, -0.05) is 29.8 Å². The predicted octanol–water partition coefficient (Wildman–Crippen LogP) is 3.56. The standard InChI is InChI=1S/C22H21ClN2O4/c1-24(2)10-11-25-19(14-6-4-5-7-16(14)28-3)18-20(26)15-12-13(23)8-9-17(15)29-21(18)22(25)27/h4-9,12,19H,10-11H2,1-3H3. The summed E-state index contributed by atoms with van der Waals surface area (Å²) >= 11 is 6.10. The molecule has 0 aliphatic carbocycles. The Morgan fingerprint density at radius 3 is 2.66 bits per heavy atom. The molecule has 0 saturated carbocycles. The minimum absolute atomic E-state index is 0.0829. The Balaban J connectivity index is 1.98. The van der Waals surface area contributed by atoms with Gasteiger partial charge < -0.3 is 19.0 Å². The van der Waals surface area contributed by atoms with Gasteiger partial charge in [-0.2, -0.15) is 0 Å². The van der Waals surface area contributed by atoms with Crippen molar-refractivity contribution in [1.82, 2.24) is 9.80 Å². The lowest BCUT2D eigenvalue weighted by molar-refractivity contribution is 0.0715. The van der Waals surface area contributed by atoms with Gasteiger partial charge in [-0.3, -0.25) is 9.59 Å². The number of ether oxygens (including phenoxy) is 1. The zero-order valence-electron chi connectivity index (χ0n) is 16.4. The number of carbonyl (C=O) groups is 1. The molecule has 150 valence electrons. The van der Waals surface area contributed by atoms with Gasteiger partial charge in [0.25, 0.3) is 5.91 Å². The van der Waals surface area contributed by atoms with Gasteiger partial charge in [0.05, 0.1) is 24.1 Å². The second-order valence-corrected chi connectivity index (χ2v) is 7.70. The molecule has 0 saturated heterocycles. The van der Waals surface area contributed by atoms with Gasteiger partial charge in [0.1, 0.15) is 11.3 Å². The summed E-state index contributed by atoms with van der Waals surface area (Å²) in [5.74, 6) is 0.393. The zero-order chi connectivity index (χ0) is 20.7. The van der Waals surface area contributed by atoms with Crippen molar-refractivity contribution in [1.29, 1.82) is 0 Å². The van der Waals surface area contributed by atoms with Crippen LogP contribution in [0.3, 0.4) is 0 Å². The normalized spacial score (nSPS) is 16.0. The molecule has 1 unspecified atom stereocenters. The molecule has 1 amide bonds. The highest BCUT2D eigenvalue weighted by molar-refractivity contribution is 6.31. The Morgan fingerprint density at radius 2 is 1.93 bits per heavy atom. The number of halogens is 1. The van der Waals surface area contributed by atoms with Crippen molar-refractivity contribution >= 4 is 28.5 Å². The Hall–Kier alpha value is -2.83. The fourth-order valence-electron chi connectivity index (χ4n) is 3.75. The van der Waals surface area contributed by atoms with E-state index >= 15 is 0 Å². The minimum Gasteiger partial charge on any atom is -0.496 e. The van der Waals surface area contributed by atoms with Gasteiger partial charge in [0, 0.05) is 23.7 Å². The third-order valence-corrected chi connectivity index (χ3v) is 5.38. The van der Waals surface area contributed by atoms with Gasteiger partial charge >= 0.3 is 0 Å². The van der Waals surface area contributed by atoms with E-state index in [1.165, 1.54) is 0 Å². The summed E-state index contributed by atoms with van der Waals surface area (Å²) in [6.45, 7) is 1.08. The number of amides is 1. The second kappa shape index (κ2) is 7.54. The number of fused-ring (bicyclic) bond motifs is 2. The predicted molar refractivity (Wildman–Crippen MR) is 112 cm³/mol. The minimum atomic E-state index is -0.590. The third-order valence-electron chi connectivity index (χ3n) is 5.15. The molecule has 2 aromatic carbocycles. The van der Waals surface area contributed by atoms with E-state index in [0.29, 0.717) is 40.4 Å². The van der Waals surface area contributed by atoms with Gasteiger partial charge in [-0.05, 0) is 38.4 Å². The van der Waals surface area contributed by atoms with Crippen molar-refractivity contribution in [2.24, 2.45) is 0 Å². The van der Waals surface area contributed by atoms with Crippen molar-refractivity contribution in [3.05, 3.63) is 74.6 Å². The molecule has 29 heavy (non-hydrogen) atoms. The first-order valence-corrected chi connectivity index (χ1v) is 9.65. The maximum Gasteiger partial charge on any atom is 0.290 e. The summed E-state index contributed by atoms with van der Waals surface area (Å²) < 4.78 is 11.4. The van der Waals surface area contributed by atoms with E-state index in [1.807, 2.05) is 43.3 Å². The molecular formula is C22H21ClN2O4. The Labute approximate surface area is 173 Å². The molecular weight excluding hydrogens is 392 g/mol. The van der Waals surface area contributed by atoms with Crippen molar-refractivity contribution in [2.75, 3.05) is 34.3 Å². The van der Waals surface area contributed by atoms with Crippen LogP contribution in [-0.2, 0) is 0 Å².